The van der Waals surface area contributed by atoms with Gasteiger partial charge in [-0.3, -0.25) is 9.78 Å². The zero-order valence-electron chi connectivity index (χ0n) is 10.2. The predicted molar refractivity (Wildman–Crippen MR) is 69.9 cm³/mol. The topological polar surface area (TPSA) is 96.0 Å². The normalized spacial score (nSPS) is 10.2. The molecule has 0 aliphatic carbocycles. The van der Waals surface area contributed by atoms with Crippen molar-refractivity contribution in [3.8, 4) is 6.07 Å². The highest BCUT2D eigenvalue weighted by Crippen LogP contribution is 2.11. The first kappa shape index (κ1) is 11.8. The summed E-state index contributed by atoms with van der Waals surface area (Å²) in [5, 5.41) is 15.4. The summed E-state index contributed by atoms with van der Waals surface area (Å²) in [6, 6.07) is 5.12. The highest BCUT2D eigenvalue weighted by molar-refractivity contribution is 6.08. The van der Waals surface area contributed by atoms with Crippen LogP contribution in [0, 0.1) is 11.3 Å². The van der Waals surface area contributed by atoms with Crippen LogP contribution in [-0.4, -0.2) is 25.5 Å². The second-order valence-electron chi connectivity index (χ2n) is 3.96. The number of aromatic nitrogens is 4. The summed E-state index contributed by atoms with van der Waals surface area (Å²) in [6.07, 6.45) is 7.67. The summed E-state index contributed by atoms with van der Waals surface area (Å²) in [7, 11) is 0. The second-order valence-corrected chi connectivity index (χ2v) is 3.96. The lowest BCUT2D eigenvalue weighted by molar-refractivity contribution is 0.102. The Morgan fingerprint density at radius 3 is 2.95 bits per heavy atom. The number of nitrogens with zero attached hydrogens (tertiary/aromatic N) is 5. The van der Waals surface area contributed by atoms with Crippen LogP contribution in [0.2, 0.25) is 0 Å². The lowest BCUT2D eigenvalue weighted by Crippen LogP contribution is -2.12. The molecule has 96 valence electrons. The van der Waals surface area contributed by atoms with Gasteiger partial charge in [0.05, 0.1) is 29.0 Å². The highest BCUT2D eigenvalue weighted by atomic mass is 16.1. The SMILES string of the molecule is N#Cc1ccc(NC(=O)c2cnn3ccncc23)nc1. The molecule has 0 radical (unpaired) electrons. The van der Waals surface area contributed by atoms with E-state index in [9.17, 15) is 4.79 Å². The maximum absolute atomic E-state index is 12.1. The molecule has 0 atom stereocenters. The summed E-state index contributed by atoms with van der Waals surface area (Å²) in [6.45, 7) is 0. The van der Waals surface area contributed by atoms with Crippen molar-refractivity contribution in [2.24, 2.45) is 0 Å². The first-order valence-corrected chi connectivity index (χ1v) is 5.73. The molecule has 3 heterocycles. The van der Waals surface area contributed by atoms with Crippen LogP contribution in [0.3, 0.4) is 0 Å². The quantitative estimate of drug-likeness (QED) is 0.751. The van der Waals surface area contributed by atoms with Crippen LogP contribution in [-0.2, 0) is 0 Å². The van der Waals surface area contributed by atoms with Crippen molar-refractivity contribution in [1.29, 1.82) is 5.26 Å². The van der Waals surface area contributed by atoms with E-state index in [1.165, 1.54) is 12.4 Å². The van der Waals surface area contributed by atoms with Crippen molar-refractivity contribution in [2.45, 2.75) is 0 Å². The molecule has 0 aliphatic heterocycles. The Labute approximate surface area is 113 Å². The molecule has 0 saturated carbocycles. The van der Waals surface area contributed by atoms with Crippen LogP contribution in [0.4, 0.5) is 5.82 Å². The standard InChI is InChI=1S/C13H8N6O/c14-5-9-1-2-12(16-6-9)18-13(20)10-7-17-19-4-3-15-8-11(10)19/h1-4,6-8H,(H,16,18,20). The number of pyridine rings is 1. The molecule has 0 aliphatic rings. The Morgan fingerprint density at radius 1 is 1.30 bits per heavy atom. The van der Waals surface area contributed by atoms with E-state index in [0.29, 0.717) is 22.5 Å². The summed E-state index contributed by atoms with van der Waals surface area (Å²) < 4.78 is 1.56. The van der Waals surface area contributed by atoms with Gasteiger partial charge >= 0.3 is 0 Å². The number of rotatable bonds is 2. The molecular weight excluding hydrogens is 256 g/mol. The minimum Gasteiger partial charge on any atom is -0.306 e. The minimum absolute atomic E-state index is 0.329. The fraction of sp³-hybridized carbons (Fsp3) is 0. The number of hydrogen-bond acceptors (Lipinski definition) is 5. The van der Waals surface area contributed by atoms with Crippen molar-refractivity contribution in [2.75, 3.05) is 5.32 Å². The Balaban J connectivity index is 1.87. The Hall–Kier alpha value is -3.27. The van der Waals surface area contributed by atoms with Crippen molar-refractivity contribution in [3.63, 3.8) is 0 Å². The highest BCUT2D eigenvalue weighted by Gasteiger charge is 2.13. The summed E-state index contributed by atoms with van der Waals surface area (Å²) in [5.74, 6) is 0.0439. The van der Waals surface area contributed by atoms with Crippen LogP contribution >= 0.6 is 0 Å². The molecule has 0 aromatic carbocycles. The summed E-state index contributed by atoms with van der Waals surface area (Å²) >= 11 is 0. The Kier molecular flexibility index (Phi) is 2.82. The molecule has 0 unspecified atom stereocenters. The van der Waals surface area contributed by atoms with E-state index in [4.69, 9.17) is 5.26 Å². The van der Waals surface area contributed by atoms with E-state index in [1.807, 2.05) is 6.07 Å². The number of hydrogen-bond donors (Lipinski definition) is 1. The first-order valence-electron chi connectivity index (χ1n) is 5.73. The molecule has 7 nitrogen and oxygen atoms in total. The van der Waals surface area contributed by atoms with E-state index < -0.39 is 0 Å². The molecule has 3 aromatic heterocycles. The fourth-order valence-corrected chi connectivity index (χ4v) is 1.73. The van der Waals surface area contributed by atoms with Gasteiger partial charge in [-0.25, -0.2) is 9.50 Å². The molecule has 1 N–H and O–H groups in total. The van der Waals surface area contributed by atoms with E-state index in [-0.39, 0.29) is 5.91 Å². The van der Waals surface area contributed by atoms with Gasteiger partial charge in [-0.1, -0.05) is 0 Å². The lowest BCUT2D eigenvalue weighted by atomic mass is 10.2. The van der Waals surface area contributed by atoms with Gasteiger partial charge in [0, 0.05) is 18.6 Å². The molecule has 3 aromatic rings. The first-order chi connectivity index (χ1) is 9.78. The van der Waals surface area contributed by atoms with E-state index in [0.717, 1.165) is 0 Å². The number of nitrogens with one attached hydrogen (secondary N) is 1. The molecule has 0 spiro atoms. The van der Waals surface area contributed by atoms with Gasteiger partial charge in [-0.05, 0) is 12.1 Å². The third-order valence-corrected chi connectivity index (χ3v) is 2.70. The van der Waals surface area contributed by atoms with Gasteiger partial charge in [-0.2, -0.15) is 10.4 Å². The van der Waals surface area contributed by atoms with Gasteiger partial charge in [0.15, 0.2) is 0 Å². The van der Waals surface area contributed by atoms with Crippen LogP contribution in [0.1, 0.15) is 15.9 Å². The van der Waals surface area contributed by atoms with E-state index in [2.05, 4.69) is 20.4 Å². The number of anilines is 1. The van der Waals surface area contributed by atoms with Crippen molar-refractivity contribution < 1.29 is 4.79 Å². The number of carbonyl (C=O) groups excluding carboxylic acids is 1. The summed E-state index contributed by atoms with van der Waals surface area (Å²) in [4.78, 5) is 20.1. The predicted octanol–water partition coefficient (Wildman–Crippen LogP) is 1.25. The third kappa shape index (κ3) is 2.06. The van der Waals surface area contributed by atoms with Crippen LogP contribution < -0.4 is 5.32 Å². The van der Waals surface area contributed by atoms with Crippen LogP contribution in [0.25, 0.3) is 5.52 Å². The monoisotopic (exact) mass is 264 g/mol. The van der Waals surface area contributed by atoms with Crippen molar-refractivity contribution in [1.82, 2.24) is 19.6 Å². The molecule has 20 heavy (non-hydrogen) atoms. The van der Waals surface area contributed by atoms with Crippen LogP contribution in [0.15, 0.2) is 43.1 Å². The van der Waals surface area contributed by atoms with Gasteiger partial charge in [0.1, 0.15) is 11.9 Å². The molecule has 3 rings (SSSR count). The molecule has 0 saturated heterocycles. The zero-order valence-corrected chi connectivity index (χ0v) is 10.2. The molecule has 0 fully saturated rings. The minimum atomic E-state index is -0.329. The number of nitriles is 1. The van der Waals surface area contributed by atoms with Crippen molar-refractivity contribution in [3.05, 3.63) is 54.2 Å². The number of fused-ring (bicyclic) bond motifs is 1. The number of carbonyl (C=O) groups is 1. The van der Waals surface area contributed by atoms with E-state index in [1.54, 1.807) is 35.2 Å². The van der Waals surface area contributed by atoms with Gasteiger partial charge in [-0.15, -0.1) is 0 Å². The van der Waals surface area contributed by atoms with Crippen LogP contribution in [0.5, 0.6) is 0 Å². The largest absolute Gasteiger partial charge is 0.306 e. The molecule has 0 bridgehead atoms. The lowest BCUT2D eigenvalue weighted by Gasteiger charge is -2.02. The maximum Gasteiger partial charge on any atom is 0.260 e. The van der Waals surface area contributed by atoms with Gasteiger partial charge in [0.2, 0.25) is 0 Å². The number of amides is 1. The smallest absolute Gasteiger partial charge is 0.260 e. The van der Waals surface area contributed by atoms with Gasteiger partial charge < -0.3 is 5.32 Å². The maximum atomic E-state index is 12.1. The fourth-order valence-electron chi connectivity index (χ4n) is 1.73. The molecular formula is C13H8N6O. The van der Waals surface area contributed by atoms with Gasteiger partial charge in [0.25, 0.3) is 5.91 Å². The second kappa shape index (κ2) is 4.78. The summed E-state index contributed by atoms with van der Waals surface area (Å²) in [5.41, 5.74) is 1.45. The van der Waals surface area contributed by atoms with Crippen molar-refractivity contribution >= 4 is 17.2 Å². The molecule has 1 amide bonds. The van der Waals surface area contributed by atoms with E-state index >= 15 is 0 Å². The molecule has 7 heteroatoms. The Morgan fingerprint density at radius 2 is 2.20 bits per heavy atom. The zero-order chi connectivity index (χ0) is 13.9. The third-order valence-electron chi connectivity index (χ3n) is 2.70. The average molecular weight is 264 g/mol. The average Bonchev–Trinajstić information content (AvgIpc) is 2.92. The Bertz CT molecular complexity index is 815.